The molecule has 5 nitrogen and oxygen atoms in total. The van der Waals surface area contributed by atoms with Crippen LogP contribution < -0.4 is 0 Å². The van der Waals surface area contributed by atoms with Gasteiger partial charge in [-0.1, -0.05) is 28.9 Å². The molecule has 3 rings (SSSR count). The second-order valence-electron chi connectivity index (χ2n) is 5.47. The number of hydrogen-bond acceptors (Lipinski definition) is 5. The Labute approximate surface area is 128 Å². The van der Waals surface area contributed by atoms with Gasteiger partial charge in [-0.3, -0.25) is 4.90 Å². The zero-order valence-electron chi connectivity index (χ0n) is 11.9. The predicted molar refractivity (Wildman–Crippen MR) is 79.2 cm³/mol. The van der Waals surface area contributed by atoms with E-state index in [4.69, 9.17) is 16.1 Å². The Kier molecular flexibility index (Phi) is 4.24. The lowest BCUT2D eigenvalue weighted by atomic mass is 10.1. The fourth-order valence-corrected chi connectivity index (χ4v) is 2.70. The van der Waals surface area contributed by atoms with Crippen molar-refractivity contribution in [1.29, 1.82) is 0 Å². The Morgan fingerprint density at radius 3 is 2.86 bits per heavy atom. The monoisotopic (exact) mass is 307 g/mol. The maximum absolute atomic E-state index is 9.60. The van der Waals surface area contributed by atoms with Crippen LogP contribution in [0.5, 0.6) is 0 Å². The van der Waals surface area contributed by atoms with Crippen molar-refractivity contribution in [2.75, 3.05) is 13.1 Å². The first-order chi connectivity index (χ1) is 10.1. The normalized spacial score (nSPS) is 20.8. The number of rotatable bonds is 4. The fraction of sp³-hybridized carbons (Fsp3) is 0.467. The Morgan fingerprint density at radius 2 is 2.19 bits per heavy atom. The Balaban J connectivity index is 1.67. The lowest BCUT2D eigenvalue weighted by molar-refractivity contribution is 0.151. The predicted octanol–water partition coefficient (Wildman–Crippen LogP) is 2.44. The number of likely N-dealkylation sites (tertiary alicyclic amines) is 1. The van der Waals surface area contributed by atoms with Gasteiger partial charge in [0.25, 0.3) is 0 Å². The molecule has 6 heteroatoms. The van der Waals surface area contributed by atoms with Crippen LogP contribution in [0.2, 0.25) is 5.02 Å². The average Bonchev–Trinajstić information content (AvgIpc) is 3.10. The van der Waals surface area contributed by atoms with E-state index in [1.807, 2.05) is 31.2 Å². The fourth-order valence-electron chi connectivity index (χ4n) is 2.57. The van der Waals surface area contributed by atoms with E-state index in [2.05, 4.69) is 15.0 Å². The highest BCUT2D eigenvalue weighted by atomic mass is 35.5. The van der Waals surface area contributed by atoms with Gasteiger partial charge in [-0.2, -0.15) is 4.98 Å². The molecule has 21 heavy (non-hydrogen) atoms. The van der Waals surface area contributed by atoms with Crippen LogP contribution in [0.3, 0.4) is 0 Å². The minimum Gasteiger partial charge on any atom is -0.392 e. The number of halogens is 1. The van der Waals surface area contributed by atoms with E-state index in [1.165, 1.54) is 0 Å². The van der Waals surface area contributed by atoms with Gasteiger partial charge in [-0.25, -0.2) is 0 Å². The number of aliphatic hydroxyl groups excluding tert-OH is 1. The van der Waals surface area contributed by atoms with Gasteiger partial charge in [0.2, 0.25) is 5.89 Å². The van der Waals surface area contributed by atoms with Crippen LogP contribution in [0, 0.1) is 0 Å². The van der Waals surface area contributed by atoms with Crippen molar-refractivity contribution in [3.05, 3.63) is 46.6 Å². The van der Waals surface area contributed by atoms with Crippen LogP contribution >= 0.6 is 11.6 Å². The quantitative estimate of drug-likeness (QED) is 0.940. The molecule has 1 saturated heterocycles. The van der Waals surface area contributed by atoms with Crippen molar-refractivity contribution in [2.45, 2.75) is 31.9 Å². The zero-order valence-corrected chi connectivity index (χ0v) is 12.6. The molecule has 2 heterocycles. The number of nitrogens with zero attached hydrogens (tertiary/aromatic N) is 3. The van der Waals surface area contributed by atoms with Gasteiger partial charge in [-0.15, -0.1) is 0 Å². The summed E-state index contributed by atoms with van der Waals surface area (Å²) in [5.74, 6) is 1.27. The summed E-state index contributed by atoms with van der Waals surface area (Å²) in [5, 5.41) is 14.4. The van der Waals surface area contributed by atoms with Crippen LogP contribution in [0.4, 0.5) is 0 Å². The van der Waals surface area contributed by atoms with E-state index < -0.39 is 0 Å². The van der Waals surface area contributed by atoms with Crippen LogP contribution in [-0.4, -0.2) is 39.3 Å². The lowest BCUT2D eigenvalue weighted by Gasteiger charge is -2.19. The number of β-amino-alcohol motifs (C(OH)–C–C–N with tert-alkyl or cyclic N) is 1. The Bertz CT molecular complexity index is 599. The molecule has 0 bridgehead atoms. The van der Waals surface area contributed by atoms with Crippen molar-refractivity contribution in [3.8, 4) is 0 Å². The minimum absolute atomic E-state index is 0.0358. The van der Waals surface area contributed by atoms with Gasteiger partial charge >= 0.3 is 0 Å². The number of hydrogen-bond donors (Lipinski definition) is 1. The lowest BCUT2D eigenvalue weighted by Crippen LogP contribution is -2.25. The third-order valence-corrected chi connectivity index (χ3v) is 4.11. The molecule has 0 aliphatic carbocycles. The van der Waals surface area contributed by atoms with Gasteiger partial charge < -0.3 is 9.63 Å². The molecule has 0 unspecified atom stereocenters. The summed E-state index contributed by atoms with van der Waals surface area (Å²) in [4.78, 5) is 6.62. The minimum atomic E-state index is -0.246. The molecule has 2 atom stereocenters. The maximum Gasteiger partial charge on any atom is 0.243 e. The maximum atomic E-state index is 9.60. The van der Waals surface area contributed by atoms with Crippen molar-refractivity contribution < 1.29 is 9.63 Å². The first-order valence-corrected chi connectivity index (χ1v) is 7.48. The highest BCUT2D eigenvalue weighted by Crippen LogP contribution is 2.23. The van der Waals surface area contributed by atoms with Crippen LogP contribution in [0.1, 0.15) is 36.7 Å². The van der Waals surface area contributed by atoms with Crippen LogP contribution in [-0.2, 0) is 6.42 Å². The zero-order chi connectivity index (χ0) is 14.8. The Morgan fingerprint density at radius 1 is 1.43 bits per heavy atom. The topological polar surface area (TPSA) is 62.4 Å². The highest BCUT2D eigenvalue weighted by molar-refractivity contribution is 6.30. The summed E-state index contributed by atoms with van der Waals surface area (Å²) >= 11 is 5.87. The summed E-state index contributed by atoms with van der Waals surface area (Å²) in [5.41, 5.74) is 1.09. The summed E-state index contributed by atoms with van der Waals surface area (Å²) in [6, 6.07) is 7.66. The summed E-state index contributed by atoms with van der Waals surface area (Å²) in [7, 11) is 0. The Hall–Kier alpha value is -1.43. The molecule has 1 N–H and O–H groups in total. The number of aromatic nitrogens is 2. The van der Waals surface area contributed by atoms with E-state index in [0.29, 0.717) is 29.7 Å². The number of aliphatic hydroxyl groups is 1. The van der Waals surface area contributed by atoms with Crippen LogP contribution in [0.15, 0.2) is 28.8 Å². The third kappa shape index (κ3) is 3.43. The molecule has 1 fully saturated rings. The molecule has 2 aromatic rings. The van der Waals surface area contributed by atoms with Gasteiger partial charge in [0.1, 0.15) is 0 Å². The molecule has 1 aliphatic rings. The van der Waals surface area contributed by atoms with Crippen molar-refractivity contribution in [3.63, 3.8) is 0 Å². The van der Waals surface area contributed by atoms with E-state index in [0.717, 1.165) is 18.5 Å². The van der Waals surface area contributed by atoms with Crippen molar-refractivity contribution >= 4 is 11.6 Å². The van der Waals surface area contributed by atoms with Gasteiger partial charge in [0.05, 0.1) is 12.1 Å². The number of benzene rings is 1. The van der Waals surface area contributed by atoms with E-state index in [-0.39, 0.29) is 12.1 Å². The van der Waals surface area contributed by atoms with Gasteiger partial charge in [-0.05, 0) is 31.0 Å². The van der Waals surface area contributed by atoms with Crippen molar-refractivity contribution in [1.82, 2.24) is 15.0 Å². The average molecular weight is 308 g/mol. The van der Waals surface area contributed by atoms with E-state index >= 15 is 0 Å². The third-order valence-electron chi connectivity index (χ3n) is 3.86. The van der Waals surface area contributed by atoms with Gasteiger partial charge in [0, 0.05) is 24.5 Å². The SMILES string of the molecule is C[C@@H](c1nc(Cc2ccc(Cl)cc2)no1)N1CC[C@@H](O)C1. The first-order valence-electron chi connectivity index (χ1n) is 7.11. The standard InChI is InChI=1S/C15H18ClN3O2/c1-10(19-7-6-13(20)9-19)15-17-14(18-21-15)8-11-2-4-12(16)5-3-11/h2-5,10,13,20H,6-9H2,1H3/t10-,13+/m0/s1. The smallest absolute Gasteiger partial charge is 0.243 e. The first kappa shape index (κ1) is 14.5. The molecule has 112 valence electrons. The highest BCUT2D eigenvalue weighted by Gasteiger charge is 2.28. The van der Waals surface area contributed by atoms with Crippen molar-refractivity contribution in [2.24, 2.45) is 0 Å². The second-order valence-corrected chi connectivity index (χ2v) is 5.90. The molecule has 1 aromatic heterocycles. The molecular formula is C15H18ClN3O2. The molecule has 0 saturated carbocycles. The molecule has 1 aromatic carbocycles. The summed E-state index contributed by atoms with van der Waals surface area (Å²) < 4.78 is 5.36. The van der Waals surface area contributed by atoms with E-state index in [1.54, 1.807) is 0 Å². The molecule has 1 aliphatic heterocycles. The largest absolute Gasteiger partial charge is 0.392 e. The summed E-state index contributed by atoms with van der Waals surface area (Å²) in [6.07, 6.45) is 1.18. The second kappa shape index (κ2) is 6.13. The molecule has 0 amide bonds. The van der Waals surface area contributed by atoms with Crippen LogP contribution in [0.25, 0.3) is 0 Å². The molecular weight excluding hydrogens is 290 g/mol. The summed E-state index contributed by atoms with van der Waals surface area (Å²) in [6.45, 7) is 3.55. The van der Waals surface area contributed by atoms with E-state index in [9.17, 15) is 5.11 Å². The molecule has 0 radical (unpaired) electrons. The van der Waals surface area contributed by atoms with Gasteiger partial charge in [0.15, 0.2) is 5.82 Å². The molecule has 0 spiro atoms.